The molecular weight excluding hydrogens is 168 g/mol. The van der Waals surface area contributed by atoms with Crippen LogP contribution in [-0.2, 0) is 0 Å². The topological polar surface area (TPSA) is 29.3 Å². The summed E-state index contributed by atoms with van der Waals surface area (Å²) in [5.74, 6) is 0. The number of hydrogen-bond acceptors (Lipinski definition) is 2. The molecule has 3 heteroatoms. The van der Waals surface area contributed by atoms with Gasteiger partial charge in [-0.3, -0.25) is 0 Å². The molecule has 0 unspecified atom stereocenters. The van der Waals surface area contributed by atoms with E-state index in [9.17, 15) is 0 Å². The first-order chi connectivity index (χ1) is 5.44. The summed E-state index contributed by atoms with van der Waals surface area (Å²) in [6, 6.07) is 0. The quantitative estimate of drug-likeness (QED) is 0.665. The number of thiocarbonyl (C=S) groups is 1. The summed E-state index contributed by atoms with van der Waals surface area (Å²) in [6.45, 7) is 11.6. The molecule has 0 aliphatic heterocycles. The lowest BCUT2D eigenvalue weighted by Crippen LogP contribution is -2.41. The van der Waals surface area contributed by atoms with Gasteiger partial charge in [0, 0.05) is 12.0 Å². The minimum atomic E-state index is -0.0403. The van der Waals surface area contributed by atoms with E-state index in [0.717, 1.165) is 19.6 Å². The van der Waals surface area contributed by atoms with Gasteiger partial charge in [-0.15, -0.1) is 0 Å². The van der Waals surface area contributed by atoms with Gasteiger partial charge < -0.3 is 10.6 Å². The summed E-state index contributed by atoms with van der Waals surface area (Å²) in [5, 5.41) is 0. The minimum Gasteiger partial charge on any atom is -0.393 e. The number of nitrogens with two attached hydrogens (primary N) is 1. The first kappa shape index (κ1) is 11.8. The lowest BCUT2D eigenvalue weighted by Gasteiger charge is -2.30. The van der Waals surface area contributed by atoms with E-state index in [4.69, 9.17) is 18.0 Å². The first-order valence-corrected chi connectivity index (χ1v) is 4.87. The van der Waals surface area contributed by atoms with E-state index in [1.54, 1.807) is 0 Å². The van der Waals surface area contributed by atoms with Gasteiger partial charge in [0.2, 0.25) is 0 Å². The van der Waals surface area contributed by atoms with Crippen LogP contribution in [0, 0.1) is 5.41 Å². The molecule has 0 bridgehead atoms. The third-order valence-corrected chi connectivity index (χ3v) is 2.73. The molecule has 0 saturated carbocycles. The van der Waals surface area contributed by atoms with E-state index < -0.39 is 0 Å². The molecular formula is C9H20N2S. The Morgan fingerprint density at radius 2 is 1.75 bits per heavy atom. The molecule has 0 saturated heterocycles. The zero-order valence-electron chi connectivity index (χ0n) is 8.55. The van der Waals surface area contributed by atoms with E-state index in [1.165, 1.54) is 0 Å². The van der Waals surface area contributed by atoms with Crippen LogP contribution in [0.15, 0.2) is 0 Å². The second-order valence-corrected chi connectivity index (χ2v) is 4.15. The fourth-order valence-electron chi connectivity index (χ4n) is 1.08. The summed E-state index contributed by atoms with van der Waals surface area (Å²) >= 11 is 5.00. The predicted octanol–water partition coefficient (Wildman–Crippen LogP) is 1.64. The second kappa shape index (κ2) is 4.77. The summed E-state index contributed by atoms with van der Waals surface area (Å²) < 4.78 is 0. The largest absolute Gasteiger partial charge is 0.393 e. The van der Waals surface area contributed by atoms with Crippen LogP contribution in [0.25, 0.3) is 0 Å². The van der Waals surface area contributed by atoms with Gasteiger partial charge in [0.25, 0.3) is 0 Å². The van der Waals surface area contributed by atoms with E-state index in [0.29, 0.717) is 4.99 Å². The highest BCUT2D eigenvalue weighted by Gasteiger charge is 2.23. The highest BCUT2D eigenvalue weighted by Crippen LogP contribution is 2.16. The fourth-order valence-corrected chi connectivity index (χ4v) is 1.15. The van der Waals surface area contributed by atoms with Gasteiger partial charge in [-0.2, -0.15) is 0 Å². The number of hydrogen-bond donors (Lipinski definition) is 1. The molecule has 2 nitrogen and oxygen atoms in total. The number of nitrogens with zero attached hydrogens (tertiary/aromatic N) is 1. The predicted molar refractivity (Wildman–Crippen MR) is 58.4 cm³/mol. The molecule has 0 spiro atoms. The molecule has 0 aromatic heterocycles. The van der Waals surface area contributed by atoms with Crippen LogP contribution >= 0.6 is 12.2 Å². The van der Waals surface area contributed by atoms with Crippen LogP contribution < -0.4 is 5.73 Å². The van der Waals surface area contributed by atoms with Crippen LogP contribution in [0.1, 0.15) is 27.7 Å². The van der Waals surface area contributed by atoms with Gasteiger partial charge in [0.15, 0.2) is 0 Å². The second-order valence-electron chi connectivity index (χ2n) is 3.71. The van der Waals surface area contributed by atoms with Crippen molar-refractivity contribution >= 4 is 17.2 Å². The van der Waals surface area contributed by atoms with Crippen LogP contribution in [0.2, 0.25) is 0 Å². The highest BCUT2D eigenvalue weighted by molar-refractivity contribution is 7.80. The molecule has 0 aromatic carbocycles. The van der Waals surface area contributed by atoms with Crippen molar-refractivity contribution in [3.63, 3.8) is 0 Å². The van der Waals surface area contributed by atoms with Gasteiger partial charge in [0.1, 0.15) is 0 Å². The summed E-state index contributed by atoms with van der Waals surface area (Å²) in [4.78, 5) is 2.94. The zero-order valence-corrected chi connectivity index (χ0v) is 9.37. The SMILES string of the molecule is CCN(CC)CC(C)(C)C(N)=S. The summed E-state index contributed by atoms with van der Waals surface area (Å²) in [6.07, 6.45) is 0. The lowest BCUT2D eigenvalue weighted by atomic mass is 9.93. The maximum atomic E-state index is 5.63. The first-order valence-electron chi connectivity index (χ1n) is 4.46. The molecule has 72 valence electrons. The molecule has 0 aliphatic rings. The molecule has 0 heterocycles. The van der Waals surface area contributed by atoms with Gasteiger partial charge in [-0.1, -0.05) is 39.9 Å². The van der Waals surface area contributed by atoms with Crippen molar-refractivity contribution in [3.8, 4) is 0 Å². The zero-order chi connectivity index (χ0) is 9.78. The third-order valence-electron chi connectivity index (χ3n) is 2.18. The van der Waals surface area contributed by atoms with E-state index >= 15 is 0 Å². The average molecular weight is 188 g/mol. The molecule has 0 radical (unpaired) electrons. The van der Waals surface area contributed by atoms with Gasteiger partial charge in [0.05, 0.1) is 4.99 Å². The Morgan fingerprint density at radius 1 is 1.33 bits per heavy atom. The Balaban J connectivity index is 4.12. The van der Waals surface area contributed by atoms with E-state index in [-0.39, 0.29) is 5.41 Å². The van der Waals surface area contributed by atoms with E-state index in [1.807, 2.05) is 0 Å². The maximum Gasteiger partial charge on any atom is 0.0797 e. The van der Waals surface area contributed by atoms with Crippen molar-refractivity contribution in [2.24, 2.45) is 11.1 Å². The summed E-state index contributed by atoms with van der Waals surface area (Å²) in [7, 11) is 0. The standard InChI is InChI=1S/C9H20N2S/c1-5-11(6-2)7-9(3,4)8(10)12/h5-7H2,1-4H3,(H2,10,12). The fraction of sp³-hybridized carbons (Fsp3) is 0.889. The Hall–Kier alpha value is -0.150. The third kappa shape index (κ3) is 3.50. The molecule has 0 fully saturated rings. The normalized spacial score (nSPS) is 12.1. The Bertz CT molecular complexity index is 151. The Kier molecular flexibility index (Phi) is 4.71. The number of rotatable bonds is 5. The lowest BCUT2D eigenvalue weighted by molar-refractivity contribution is 0.241. The maximum absolute atomic E-state index is 5.63. The van der Waals surface area contributed by atoms with Crippen molar-refractivity contribution in [1.29, 1.82) is 0 Å². The monoisotopic (exact) mass is 188 g/mol. The Morgan fingerprint density at radius 3 is 2.00 bits per heavy atom. The van der Waals surface area contributed by atoms with Crippen molar-refractivity contribution in [1.82, 2.24) is 4.90 Å². The molecule has 0 aliphatic carbocycles. The van der Waals surface area contributed by atoms with Crippen molar-refractivity contribution < 1.29 is 0 Å². The van der Waals surface area contributed by atoms with Crippen LogP contribution in [-0.4, -0.2) is 29.5 Å². The molecule has 0 atom stereocenters. The van der Waals surface area contributed by atoms with Crippen LogP contribution in [0.4, 0.5) is 0 Å². The molecule has 0 amide bonds. The van der Waals surface area contributed by atoms with Gasteiger partial charge >= 0.3 is 0 Å². The van der Waals surface area contributed by atoms with Crippen molar-refractivity contribution in [2.45, 2.75) is 27.7 Å². The molecule has 12 heavy (non-hydrogen) atoms. The van der Waals surface area contributed by atoms with Crippen molar-refractivity contribution in [3.05, 3.63) is 0 Å². The van der Waals surface area contributed by atoms with Gasteiger partial charge in [-0.25, -0.2) is 0 Å². The van der Waals surface area contributed by atoms with E-state index in [2.05, 4.69) is 32.6 Å². The average Bonchev–Trinajstić information content (AvgIpc) is 2.00. The molecule has 2 N–H and O–H groups in total. The minimum absolute atomic E-state index is 0.0403. The smallest absolute Gasteiger partial charge is 0.0797 e. The Labute approximate surface area is 81.1 Å². The van der Waals surface area contributed by atoms with Crippen molar-refractivity contribution in [2.75, 3.05) is 19.6 Å². The van der Waals surface area contributed by atoms with Gasteiger partial charge in [-0.05, 0) is 13.1 Å². The molecule has 0 rings (SSSR count). The van der Waals surface area contributed by atoms with Crippen LogP contribution in [0.3, 0.4) is 0 Å². The molecule has 0 aromatic rings. The summed E-state index contributed by atoms with van der Waals surface area (Å²) in [5.41, 5.74) is 5.59. The highest BCUT2D eigenvalue weighted by atomic mass is 32.1. The van der Waals surface area contributed by atoms with Crippen LogP contribution in [0.5, 0.6) is 0 Å².